The normalized spacial score (nSPS) is 18.6. The first kappa shape index (κ1) is 27.9. The number of rotatable bonds is 10. The summed E-state index contributed by atoms with van der Waals surface area (Å²) in [4.78, 5) is 25.5. The van der Waals surface area contributed by atoms with E-state index in [2.05, 4.69) is 40.1 Å². The van der Waals surface area contributed by atoms with E-state index in [1.165, 1.54) is 25.7 Å². The lowest BCUT2D eigenvalue weighted by Gasteiger charge is -2.33. The molecular formula is C28H41N7O2SSi. The largest absolute Gasteiger partial charge is 0.379 e. The van der Waals surface area contributed by atoms with Crippen LogP contribution in [0.4, 0.5) is 16.6 Å². The van der Waals surface area contributed by atoms with Crippen molar-refractivity contribution in [2.45, 2.75) is 83.1 Å². The first-order valence-corrected chi connectivity index (χ1v) is 18.7. The monoisotopic (exact) mass is 567 g/mol. The van der Waals surface area contributed by atoms with Crippen LogP contribution in [-0.2, 0) is 9.53 Å². The van der Waals surface area contributed by atoms with Gasteiger partial charge >= 0.3 is 0 Å². The van der Waals surface area contributed by atoms with Crippen LogP contribution in [0.15, 0.2) is 24.4 Å². The van der Waals surface area contributed by atoms with E-state index in [0.29, 0.717) is 19.2 Å². The highest BCUT2D eigenvalue weighted by molar-refractivity contribution is 7.15. The summed E-state index contributed by atoms with van der Waals surface area (Å²) < 4.78 is 6.18. The molecule has 0 aromatic carbocycles. The van der Waals surface area contributed by atoms with E-state index in [1.807, 2.05) is 34.2 Å². The molecule has 11 heteroatoms. The lowest BCUT2D eigenvalue weighted by atomic mass is 10.1. The second kappa shape index (κ2) is 12.3. The van der Waals surface area contributed by atoms with E-state index >= 15 is 0 Å². The van der Waals surface area contributed by atoms with Crippen molar-refractivity contribution in [3.8, 4) is 0 Å². The highest BCUT2D eigenvalue weighted by Gasteiger charge is 2.25. The van der Waals surface area contributed by atoms with Crippen LogP contribution in [0, 0.1) is 0 Å². The molecule has 1 saturated heterocycles. The van der Waals surface area contributed by atoms with Gasteiger partial charge in [0.2, 0.25) is 11.0 Å². The average Bonchev–Trinajstić information content (AvgIpc) is 3.60. The standard InChI is InChI=1S/C28H41N7O2SSi/c1-20(36)34-13-7-10-22(18-34)30-23-16-25-24(29-17-23)11-12-26(31-25)35(19-37-14-15-39(2,3)4)28-33-32-27(38-28)21-8-5-6-9-21/h11-12,16-17,21-22,30H,5-10,13-15,18-19H2,1-4H3. The zero-order valence-electron chi connectivity index (χ0n) is 23.7. The molecule has 1 atom stereocenters. The molecule has 0 spiro atoms. The van der Waals surface area contributed by atoms with Gasteiger partial charge in [0, 0.05) is 46.7 Å². The van der Waals surface area contributed by atoms with Gasteiger partial charge in [-0.1, -0.05) is 43.8 Å². The number of hydrogen-bond donors (Lipinski definition) is 1. The van der Waals surface area contributed by atoms with Gasteiger partial charge in [-0.3, -0.25) is 14.7 Å². The number of hydrogen-bond acceptors (Lipinski definition) is 9. The number of nitrogens with one attached hydrogen (secondary N) is 1. The number of carbonyl (C=O) groups excluding carboxylic acids is 1. The Morgan fingerprint density at radius 3 is 2.74 bits per heavy atom. The maximum absolute atomic E-state index is 11.9. The van der Waals surface area contributed by atoms with Crippen molar-refractivity contribution in [1.29, 1.82) is 0 Å². The highest BCUT2D eigenvalue weighted by atomic mass is 32.1. The van der Waals surface area contributed by atoms with Gasteiger partial charge in [0.15, 0.2) is 0 Å². The molecule has 5 rings (SSSR count). The molecule has 1 aliphatic heterocycles. The molecule has 3 aromatic heterocycles. The van der Waals surface area contributed by atoms with Crippen molar-refractivity contribution >= 4 is 53.0 Å². The van der Waals surface area contributed by atoms with Gasteiger partial charge < -0.3 is 15.0 Å². The Bertz CT molecular complexity index is 1270. The van der Waals surface area contributed by atoms with Gasteiger partial charge in [-0.05, 0) is 49.9 Å². The van der Waals surface area contributed by atoms with Gasteiger partial charge in [0.1, 0.15) is 17.6 Å². The molecule has 2 fully saturated rings. The summed E-state index contributed by atoms with van der Waals surface area (Å²) >= 11 is 1.66. The maximum atomic E-state index is 11.9. The predicted octanol–water partition coefficient (Wildman–Crippen LogP) is 6.01. The molecule has 0 bridgehead atoms. The average molecular weight is 568 g/mol. The van der Waals surface area contributed by atoms with Crippen LogP contribution in [0.5, 0.6) is 0 Å². The first-order chi connectivity index (χ1) is 18.7. The van der Waals surface area contributed by atoms with E-state index in [0.717, 1.165) is 64.7 Å². The second-order valence-corrected chi connectivity index (χ2v) is 18.7. The summed E-state index contributed by atoms with van der Waals surface area (Å²) in [5.41, 5.74) is 2.56. The molecule has 9 nitrogen and oxygen atoms in total. The fourth-order valence-electron chi connectivity index (χ4n) is 5.27. The number of piperidine rings is 1. The summed E-state index contributed by atoms with van der Waals surface area (Å²) in [6.45, 7) is 11.4. The lowest BCUT2D eigenvalue weighted by Crippen LogP contribution is -2.44. The van der Waals surface area contributed by atoms with Crippen LogP contribution in [0.25, 0.3) is 11.0 Å². The molecule has 1 amide bonds. The van der Waals surface area contributed by atoms with Crippen LogP contribution in [0.2, 0.25) is 25.7 Å². The van der Waals surface area contributed by atoms with Crippen molar-refractivity contribution in [3.05, 3.63) is 29.4 Å². The van der Waals surface area contributed by atoms with E-state index in [1.54, 1.807) is 18.3 Å². The zero-order valence-corrected chi connectivity index (χ0v) is 25.5. The number of ether oxygens (including phenoxy) is 1. The number of carbonyl (C=O) groups is 1. The van der Waals surface area contributed by atoms with E-state index < -0.39 is 8.07 Å². The van der Waals surface area contributed by atoms with Gasteiger partial charge in [0.05, 0.1) is 22.9 Å². The maximum Gasteiger partial charge on any atom is 0.219 e. The number of nitrogens with zero attached hydrogens (tertiary/aromatic N) is 6. The molecular weight excluding hydrogens is 527 g/mol. The minimum Gasteiger partial charge on any atom is -0.379 e. The van der Waals surface area contributed by atoms with Gasteiger partial charge in [-0.2, -0.15) is 0 Å². The van der Waals surface area contributed by atoms with E-state index in [4.69, 9.17) is 9.72 Å². The first-order valence-electron chi connectivity index (χ1n) is 14.2. The Morgan fingerprint density at radius 1 is 1.15 bits per heavy atom. The third kappa shape index (κ3) is 7.32. The van der Waals surface area contributed by atoms with E-state index in [9.17, 15) is 4.79 Å². The summed E-state index contributed by atoms with van der Waals surface area (Å²) in [5.74, 6) is 1.43. The Labute approximate surface area is 236 Å². The smallest absolute Gasteiger partial charge is 0.219 e. The van der Waals surface area contributed by atoms with Gasteiger partial charge in [0.25, 0.3) is 0 Å². The SMILES string of the molecule is CC(=O)N1CCCC(Nc2cnc3ccc(N(COCC[Si](C)(C)C)c4nnc(C5CCCC5)s4)nc3c2)C1. The Morgan fingerprint density at radius 2 is 1.97 bits per heavy atom. The predicted molar refractivity (Wildman–Crippen MR) is 161 cm³/mol. The molecule has 1 N–H and O–H groups in total. The third-order valence-electron chi connectivity index (χ3n) is 7.62. The Balaban J connectivity index is 1.37. The minimum absolute atomic E-state index is 0.129. The molecule has 0 radical (unpaired) electrons. The minimum atomic E-state index is -1.19. The number of fused-ring (bicyclic) bond motifs is 1. The lowest BCUT2D eigenvalue weighted by molar-refractivity contribution is -0.129. The molecule has 1 saturated carbocycles. The summed E-state index contributed by atoms with van der Waals surface area (Å²) in [6.07, 6.45) is 8.81. The number of anilines is 3. The summed E-state index contributed by atoms with van der Waals surface area (Å²) in [6, 6.07) is 7.36. The quantitative estimate of drug-likeness (QED) is 0.181. The highest BCUT2D eigenvalue weighted by Crippen LogP contribution is 2.38. The Kier molecular flexibility index (Phi) is 8.78. The molecule has 39 heavy (non-hydrogen) atoms. The number of amides is 1. The van der Waals surface area contributed by atoms with Crippen molar-refractivity contribution < 1.29 is 9.53 Å². The van der Waals surface area contributed by atoms with Gasteiger partial charge in [-0.15, -0.1) is 10.2 Å². The third-order valence-corrected chi connectivity index (χ3v) is 10.4. The number of aromatic nitrogens is 4. The second-order valence-electron chi connectivity index (χ2n) is 12.1. The van der Waals surface area contributed by atoms with Crippen LogP contribution in [0.1, 0.15) is 56.4 Å². The van der Waals surface area contributed by atoms with Gasteiger partial charge in [-0.25, -0.2) is 4.98 Å². The molecule has 1 aliphatic carbocycles. The van der Waals surface area contributed by atoms with E-state index in [-0.39, 0.29) is 11.9 Å². The van der Waals surface area contributed by atoms with Crippen LogP contribution >= 0.6 is 11.3 Å². The number of likely N-dealkylation sites (tertiary alicyclic amines) is 1. The summed E-state index contributed by atoms with van der Waals surface area (Å²) in [5, 5.41) is 14.7. The van der Waals surface area contributed by atoms with Crippen LogP contribution < -0.4 is 10.2 Å². The Hall–Kier alpha value is -2.63. The molecule has 210 valence electrons. The van der Waals surface area contributed by atoms with Crippen LogP contribution in [0.3, 0.4) is 0 Å². The molecule has 2 aliphatic rings. The number of pyridine rings is 2. The fraction of sp³-hybridized carbons (Fsp3) is 0.607. The molecule has 3 aromatic rings. The van der Waals surface area contributed by atoms with Crippen molar-refractivity contribution in [2.75, 3.05) is 36.6 Å². The van der Waals surface area contributed by atoms with Crippen LogP contribution in [-0.4, -0.2) is 71.5 Å². The fourth-order valence-corrected chi connectivity index (χ4v) is 7.03. The van der Waals surface area contributed by atoms with Crippen molar-refractivity contribution in [2.24, 2.45) is 0 Å². The zero-order chi connectivity index (χ0) is 27.4. The summed E-state index contributed by atoms with van der Waals surface area (Å²) in [7, 11) is -1.19. The molecule has 1 unspecified atom stereocenters. The topological polar surface area (TPSA) is 96.4 Å². The molecule has 4 heterocycles. The van der Waals surface area contributed by atoms with Crippen molar-refractivity contribution in [1.82, 2.24) is 25.1 Å². The van der Waals surface area contributed by atoms with Crippen molar-refractivity contribution in [3.63, 3.8) is 0 Å².